The van der Waals surface area contributed by atoms with Gasteiger partial charge in [0, 0.05) is 38.1 Å². The highest BCUT2D eigenvalue weighted by atomic mass is 19.4. The molecule has 1 atom stereocenters. The smallest absolute Gasteiger partial charge is 0.355 e. The fourth-order valence-corrected chi connectivity index (χ4v) is 3.54. The van der Waals surface area contributed by atoms with Crippen LogP contribution in [0.15, 0.2) is 30.9 Å². The zero-order valence-electron chi connectivity index (χ0n) is 13.6. The molecular formula is C16H15F3N6O. The molecule has 1 amide bonds. The molecule has 0 radical (unpaired) electrons. The van der Waals surface area contributed by atoms with Gasteiger partial charge in [0.1, 0.15) is 17.8 Å². The summed E-state index contributed by atoms with van der Waals surface area (Å²) in [6.07, 6.45) is 0.884. The minimum Gasteiger partial charge on any atom is -0.355 e. The Labute approximate surface area is 146 Å². The summed E-state index contributed by atoms with van der Waals surface area (Å²) in [5, 5.41) is 0. The maximum absolute atomic E-state index is 12.9. The van der Waals surface area contributed by atoms with E-state index in [9.17, 15) is 18.0 Å². The first-order valence-electron chi connectivity index (χ1n) is 8.12. The third kappa shape index (κ3) is 2.74. The molecule has 1 unspecified atom stereocenters. The predicted molar refractivity (Wildman–Crippen MR) is 85.3 cm³/mol. The number of nitrogens with zero attached hydrogens (tertiary/aromatic N) is 6. The van der Waals surface area contributed by atoms with Crippen LogP contribution in [-0.4, -0.2) is 45.5 Å². The molecule has 0 N–H and O–H groups in total. The quantitative estimate of drug-likeness (QED) is 0.758. The average molecular weight is 364 g/mol. The van der Waals surface area contributed by atoms with E-state index < -0.39 is 17.3 Å². The molecule has 2 aliphatic rings. The molecule has 2 saturated heterocycles. The fraction of sp³-hybridized carbons (Fsp3) is 0.438. The molecule has 26 heavy (non-hydrogen) atoms. The third-order valence-electron chi connectivity index (χ3n) is 4.80. The lowest BCUT2D eigenvalue weighted by Gasteiger charge is -2.52. The molecule has 1 spiro atoms. The zero-order chi connectivity index (χ0) is 18.4. The second kappa shape index (κ2) is 5.89. The highest BCUT2D eigenvalue weighted by Crippen LogP contribution is 2.42. The van der Waals surface area contributed by atoms with Crippen molar-refractivity contribution in [2.45, 2.75) is 19.0 Å². The summed E-state index contributed by atoms with van der Waals surface area (Å²) in [4.78, 5) is 31.4. The predicted octanol–water partition coefficient (Wildman–Crippen LogP) is 1.92. The molecular weight excluding hydrogens is 349 g/mol. The van der Waals surface area contributed by atoms with Gasteiger partial charge in [0.05, 0.1) is 5.41 Å². The van der Waals surface area contributed by atoms with Crippen molar-refractivity contribution in [1.82, 2.24) is 19.9 Å². The minimum atomic E-state index is -4.53. The molecule has 0 bridgehead atoms. The highest BCUT2D eigenvalue weighted by Gasteiger charge is 2.55. The Balaban J connectivity index is 1.53. The average Bonchev–Trinajstić information content (AvgIpc) is 2.66. The lowest BCUT2D eigenvalue weighted by Crippen LogP contribution is -2.67. The van der Waals surface area contributed by atoms with Gasteiger partial charge in [-0.15, -0.1) is 0 Å². The first-order chi connectivity index (χ1) is 12.4. The Bertz CT molecular complexity index is 830. The van der Waals surface area contributed by atoms with Crippen LogP contribution >= 0.6 is 0 Å². The first-order valence-corrected chi connectivity index (χ1v) is 8.12. The van der Waals surface area contributed by atoms with Crippen LogP contribution in [0.5, 0.6) is 0 Å². The van der Waals surface area contributed by atoms with Gasteiger partial charge in [-0.25, -0.2) is 19.9 Å². The maximum atomic E-state index is 12.9. The number of piperidine rings is 1. The van der Waals surface area contributed by atoms with E-state index in [1.807, 2.05) is 0 Å². The van der Waals surface area contributed by atoms with E-state index >= 15 is 0 Å². The second-order valence-corrected chi connectivity index (χ2v) is 6.50. The van der Waals surface area contributed by atoms with E-state index in [4.69, 9.17) is 0 Å². The summed E-state index contributed by atoms with van der Waals surface area (Å²) in [7, 11) is 0. The van der Waals surface area contributed by atoms with E-state index in [0.717, 1.165) is 12.4 Å². The number of rotatable bonds is 2. The summed E-state index contributed by atoms with van der Waals surface area (Å²) in [5.74, 6) is 0.439. The van der Waals surface area contributed by atoms with E-state index in [2.05, 4.69) is 19.9 Å². The van der Waals surface area contributed by atoms with Crippen LogP contribution in [0.4, 0.5) is 24.9 Å². The van der Waals surface area contributed by atoms with Gasteiger partial charge < -0.3 is 4.90 Å². The Morgan fingerprint density at radius 1 is 1.08 bits per heavy atom. The van der Waals surface area contributed by atoms with Crippen molar-refractivity contribution in [2.75, 3.05) is 29.4 Å². The number of β-lactam (4-membered cyclic amide) rings is 1. The number of hydrogen-bond acceptors (Lipinski definition) is 6. The van der Waals surface area contributed by atoms with Crippen LogP contribution in [-0.2, 0) is 11.0 Å². The van der Waals surface area contributed by atoms with Gasteiger partial charge in [-0.1, -0.05) is 0 Å². The number of hydrogen-bond donors (Lipinski definition) is 0. The summed E-state index contributed by atoms with van der Waals surface area (Å²) in [5.41, 5.74) is -1.61. The van der Waals surface area contributed by atoms with Gasteiger partial charge >= 0.3 is 6.18 Å². The number of aromatic nitrogens is 4. The van der Waals surface area contributed by atoms with Crippen LogP contribution in [0, 0.1) is 5.41 Å². The van der Waals surface area contributed by atoms with E-state index in [-0.39, 0.29) is 11.7 Å². The molecule has 7 nitrogen and oxygen atoms in total. The van der Waals surface area contributed by atoms with Gasteiger partial charge in [0.2, 0.25) is 11.9 Å². The van der Waals surface area contributed by atoms with Gasteiger partial charge in [-0.3, -0.25) is 9.69 Å². The largest absolute Gasteiger partial charge is 0.433 e. The zero-order valence-corrected chi connectivity index (χ0v) is 13.6. The molecule has 0 saturated carbocycles. The van der Waals surface area contributed by atoms with Crippen LogP contribution in [0.2, 0.25) is 0 Å². The van der Waals surface area contributed by atoms with Crippen LogP contribution in [0.3, 0.4) is 0 Å². The van der Waals surface area contributed by atoms with E-state index in [0.29, 0.717) is 38.4 Å². The fourth-order valence-electron chi connectivity index (χ4n) is 3.54. The third-order valence-corrected chi connectivity index (χ3v) is 4.80. The van der Waals surface area contributed by atoms with Crippen molar-refractivity contribution < 1.29 is 18.0 Å². The molecule has 2 fully saturated rings. The van der Waals surface area contributed by atoms with Crippen molar-refractivity contribution in [3.63, 3.8) is 0 Å². The van der Waals surface area contributed by atoms with Gasteiger partial charge in [-0.05, 0) is 18.9 Å². The Morgan fingerprint density at radius 3 is 2.54 bits per heavy atom. The Kier molecular flexibility index (Phi) is 3.78. The molecule has 2 aromatic heterocycles. The van der Waals surface area contributed by atoms with Gasteiger partial charge in [0.25, 0.3) is 0 Å². The second-order valence-electron chi connectivity index (χ2n) is 6.50. The van der Waals surface area contributed by atoms with Crippen molar-refractivity contribution >= 4 is 17.7 Å². The summed E-state index contributed by atoms with van der Waals surface area (Å²) in [6.45, 7) is 1.32. The Hall–Kier alpha value is -2.78. The monoisotopic (exact) mass is 364 g/mol. The number of halogens is 3. The van der Waals surface area contributed by atoms with Crippen molar-refractivity contribution in [2.24, 2.45) is 5.41 Å². The lowest BCUT2D eigenvalue weighted by atomic mass is 9.72. The maximum Gasteiger partial charge on any atom is 0.433 e. The topological polar surface area (TPSA) is 75.1 Å². The summed E-state index contributed by atoms with van der Waals surface area (Å²) >= 11 is 0. The molecule has 4 heterocycles. The molecule has 10 heteroatoms. The number of amides is 1. The normalized spacial score (nSPS) is 23.3. The number of carbonyl (C=O) groups excluding carboxylic acids is 1. The van der Waals surface area contributed by atoms with E-state index in [1.54, 1.807) is 23.4 Å². The van der Waals surface area contributed by atoms with Crippen LogP contribution < -0.4 is 9.80 Å². The highest BCUT2D eigenvalue weighted by molar-refractivity contribution is 6.03. The number of anilines is 2. The molecule has 136 valence electrons. The van der Waals surface area contributed by atoms with Gasteiger partial charge in [-0.2, -0.15) is 13.2 Å². The number of alkyl halides is 3. The van der Waals surface area contributed by atoms with Crippen molar-refractivity contribution in [3.8, 4) is 0 Å². The Morgan fingerprint density at radius 2 is 1.85 bits per heavy atom. The minimum absolute atomic E-state index is 0.0986. The molecule has 2 aliphatic heterocycles. The molecule has 0 aromatic carbocycles. The lowest BCUT2D eigenvalue weighted by molar-refractivity contribution is -0.141. The molecule has 2 aromatic rings. The standard InChI is InChI=1S/C16H15F3N6O/c17-16(18,19)11-7-12(23-10-22-11)24-6-1-3-15(8-24)9-25(13(15)26)14-20-4-2-5-21-14/h2,4-5,7,10H,1,3,6,8-9H2. The first kappa shape index (κ1) is 16.7. The number of carbonyl (C=O) groups is 1. The van der Waals surface area contributed by atoms with Crippen molar-refractivity contribution in [1.29, 1.82) is 0 Å². The van der Waals surface area contributed by atoms with Crippen molar-refractivity contribution in [3.05, 3.63) is 36.5 Å². The molecule has 4 rings (SSSR count). The molecule has 0 aliphatic carbocycles. The summed E-state index contributed by atoms with van der Waals surface area (Å²) < 4.78 is 38.6. The SMILES string of the molecule is O=C1N(c2ncccn2)CC12CCCN(c1cc(C(F)(F)F)ncn1)C2. The summed E-state index contributed by atoms with van der Waals surface area (Å²) in [6, 6.07) is 2.60. The van der Waals surface area contributed by atoms with Crippen LogP contribution in [0.25, 0.3) is 0 Å². The van der Waals surface area contributed by atoms with Gasteiger partial charge in [0.15, 0.2) is 0 Å². The van der Waals surface area contributed by atoms with E-state index in [1.165, 1.54) is 4.90 Å². The van der Waals surface area contributed by atoms with Crippen LogP contribution in [0.1, 0.15) is 18.5 Å².